The first-order valence-corrected chi connectivity index (χ1v) is 3.29. The summed E-state index contributed by atoms with van der Waals surface area (Å²) < 4.78 is 9.75. The fraction of sp³-hybridized carbons (Fsp3) is 1.00. The Morgan fingerprint density at radius 1 is 0.727 bits per heavy atom. The Labute approximate surface area is 78.7 Å². The Morgan fingerprint density at radius 3 is 1.36 bits per heavy atom. The Morgan fingerprint density at radius 2 is 1.09 bits per heavy atom. The minimum atomic E-state index is 0. The molecule has 1 radical (unpaired) electrons. The zero-order valence-electron chi connectivity index (χ0n) is 6.95. The Hall–Kier alpha value is 0.437. The minimum absolute atomic E-state index is 0. The molecule has 0 aliphatic heterocycles. The van der Waals surface area contributed by atoms with Gasteiger partial charge in [-0.25, -0.2) is 0 Å². The monoisotopic (exact) mass is 157 g/mol. The summed E-state index contributed by atoms with van der Waals surface area (Å²) >= 11 is 0. The van der Waals surface area contributed by atoms with Crippen LogP contribution in [0.2, 0.25) is 0 Å². The first-order chi connectivity index (χ1) is 4.91. The summed E-state index contributed by atoms with van der Waals surface area (Å²) in [7, 11) is 0. The van der Waals surface area contributed by atoms with E-state index in [-0.39, 0.29) is 32.1 Å². The van der Waals surface area contributed by atoms with Crippen LogP contribution in [0.25, 0.3) is 0 Å². The molecule has 0 fully saturated rings. The molecule has 0 rings (SSSR count). The van der Waals surface area contributed by atoms with E-state index in [0.29, 0.717) is 26.4 Å². The Kier molecular flexibility index (Phi) is 16.6. The van der Waals surface area contributed by atoms with Crippen LogP contribution >= 0.6 is 0 Å². The molecule has 2 N–H and O–H groups in total. The molecule has 0 aromatic heterocycles. The van der Waals surface area contributed by atoms with E-state index in [9.17, 15) is 0 Å². The van der Waals surface area contributed by atoms with Gasteiger partial charge in [-0.1, -0.05) is 0 Å². The molecule has 63 valence electrons. The molecule has 0 amide bonds. The molecule has 0 aliphatic carbocycles. The molecule has 0 aromatic carbocycles. The van der Waals surface area contributed by atoms with Crippen molar-refractivity contribution < 1.29 is 19.7 Å². The molecular formula is C6H14LiO4. The van der Waals surface area contributed by atoms with Crippen molar-refractivity contribution >= 4 is 18.9 Å². The number of aliphatic hydroxyl groups is 2. The van der Waals surface area contributed by atoms with Crippen molar-refractivity contribution in [3.63, 3.8) is 0 Å². The average molecular weight is 157 g/mol. The van der Waals surface area contributed by atoms with Gasteiger partial charge >= 0.3 is 0 Å². The summed E-state index contributed by atoms with van der Waals surface area (Å²) in [5.41, 5.74) is 0. The van der Waals surface area contributed by atoms with Crippen LogP contribution < -0.4 is 0 Å². The topological polar surface area (TPSA) is 58.9 Å². The first kappa shape index (κ1) is 14.0. The fourth-order valence-electron chi connectivity index (χ4n) is 0.451. The van der Waals surface area contributed by atoms with Gasteiger partial charge in [-0.05, 0) is 0 Å². The standard InChI is InChI=1S/C6H14O4.Li/c7-1-3-9-5-6-10-4-2-8;/h7-8H,1-6H2;. The maximum atomic E-state index is 8.26. The van der Waals surface area contributed by atoms with E-state index in [0.717, 1.165) is 0 Å². The van der Waals surface area contributed by atoms with Crippen LogP contribution in [-0.4, -0.2) is 68.7 Å². The van der Waals surface area contributed by atoms with Crippen molar-refractivity contribution in [2.24, 2.45) is 0 Å². The molecule has 0 bridgehead atoms. The molecule has 5 heteroatoms. The van der Waals surface area contributed by atoms with Crippen molar-refractivity contribution in [1.82, 2.24) is 0 Å². The van der Waals surface area contributed by atoms with Crippen LogP contribution in [-0.2, 0) is 9.47 Å². The van der Waals surface area contributed by atoms with Gasteiger partial charge in [0.25, 0.3) is 0 Å². The fourth-order valence-corrected chi connectivity index (χ4v) is 0.451. The maximum absolute atomic E-state index is 8.26. The molecule has 0 atom stereocenters. The summed E-state index contributed by atoms with van der Waals surface area (Å²) in [5, 5.41) is 16.5. The van der Waals surface area contributed by atoms with Crippen LogP contribution in [0.4, 0.5) is 0 Å². The predicted molar refractivity (Wildman–Crippen MR) is 41.6 cm³/mol. The molecule has 0 saturated heterocycles. The zero-order valence-corrected chi connectivity index (χ0v) is 6.95. The van der Waals surface area contributed by atoms with Crippen molar-refractivity contribution in [3.8, 4) is 0 Å². The van der Waals surface area contributed by atoms with Gasteiger partial charge in [0.1, 0.15) is 0 Å². The number of aliphatic hydroxyl groups excluding tert-OH is 2. The Bertz CT molecular complexity index is 54.5. The molecule has 0 spiro atoms. The van der Waals surface area contributed by atoms with Gasteiger partial charge in [-0.2, -0.15) is 0 Å². The van der Waals surface area contributed by atoms with E-state index in [1.165, 1.54) is 0 Å². The molecule has 0 saturated carbocycles. The van der Waals surface area contributed by atoms with Crippen LogP contribution in [0.1, 0.15) is 0 Å². The third-order valence-electron chi connectivity index (χ3n) is 0.843. The third kappa shape index (κ3) is 13.4. The zero-order chi connectivity index (χ0) is 7.66. The number of hydrogen-bond acceptors (Lipinski definition) is 4. The van der Waals surface area contributed by atoms with Gasteiger partial charge in [0.05, 0.1) is 39.6 Å². The number of rotatable bonds is 7. The van der Waals surface area contributed by atoms with Gasteiger partial charge in [0.15, 0.2) is 0 Å². The van der Waals surface area contributed by atoms with Gasteiger partial charge < -0.3 is 19.7 Å². The second kappa shape index (κ2) is 13.1. The van der Waals surface area contributed by atoms with Crippen LogP contribution in [0.5, 0.6) is 0 Å². The van der Waals surface area contributed by atoms with Crippen LogP contribution in [0, 0.1) is 0 Å². The minimum Gasteiger partial charge on any atom is -0.394 e. The van der Waals surface area contributed by atoms with Crippen molar-refractivity contribution in [2.75, 3.05) is 39.6 Å². The second-order valence-electron chi connectivity index (χ2n) is 1.67. The summed E-state index contributed by atoms with van der Waals surface area (Å²) in [4.78, 5) is 0. The maximum Gasteiger partial charge on any atom is 0.0701 e. The van der Waals surface area contributed by atoms with Crippen molar-refractivity contribution in [2.45, 2.75) is 0 Å². The van der Waals surface area contributed by atoms with Crippen LogP contribution in [0.3, 0.4) is 0 Å². The molecule has 0 heterocycles. The van der Waals surface area contributed by atoms with Gasteiger partial charge in [-0.3, -0.25) is 0 Å². The Balaban J connectivity index is 0. The summed E-state index contributed by atoms with van der Waals surface area (Å²) in [6.45, 7) is 1.73. The quantitative estimate of drug-likeness (QED) is 0.353. The number of ether oxygens (including phenoxy) is 2. The SMILES string of the molecule is OCCOCCOCCO.[Li]. The smallest absolute Gasteiger partial charge is 0.0701 e. The van der Waals surface area contributed by atoms with E-state index in [1.807, 2.05) is 0 Å². The summed E-state index contributed by atoms with van der Waals surface area (Å²) in [5.74, 6) is 0. The summed E-state index contributed by atoms with van der Waals surface area (Å²) in [6.07, 6.45) is 0. The molecule has 11 heavy (non-hydrogen) atoms. The molecule has 0 aromatic rings. The molecular weight excluding hydrogens is 143 g/mol. The third-order valence-corrected chi connectivity index (χ3v) is 0.843. The van der Waals surface area contributed by atoms with E-state index in [4.69, 9.17) is 19.7 Å². The largest absolute Gasteiger partial charge is 0.394 e. The van der Waals surface area contributed by atoms with E-state index < -0.39 is 0 Å². The normalized spacial score (nSPS) is 9.27. The van der Waals surface area contributed by atoms with Crippen molar-refractivity contribution in [3.05, 3.63) is 0 Å². The average Bonchev–Trinajstić information content (AvgIpc) is 1.97. The van der Waals surface area contributed by atoms with E-state index in [2.05, 4.69) is 0 Å². The number of hydrogen-bond donors (Lipinski definition) is 2. The van der Waals surface area contributed by atoms with Gasteiger partial charge in [-0.15, -0.1) is 0 Å². The van der Waals surface area contributed by atoms with Crippen LogP contribution in [0.15, 0.2) is 0 Å². The molecule has 0 aliphatic rings. The van der Waals surface area contributed by atoms with Crippen molar-refractivity contribution in [1.29, 1.82) is 0 Å². The first-order valence-electron chi connectivity index (χ1n) is 3.29. The van der Waals surface area contributed by atoms with Gasteiger partial charge in [0, 0.05) is 18.9 Å². The summed E-state index contributed by atoms with van der Waals surface area (Å²) in [6, 6.07) is 0. The van der Waals surface area contributed by atoms with E-state index in [1.54, 1.807) is 0 Å². The van der Waals surface area contributed by atoms with E-state index >= 15 is 0 Å². The molecule has 4 nitrogen and oxygen atoms in total. The van der Waals surface area contributed by atoms with Gasteiger partial charge in [0.2, 0.25) is 0 Å². The second-order valence-corrected chi connectivity index (χ2v) is 1.67. The predicted octanol–water partition coefficient (Wildman–Crippen LogP) is -1.38. The molecule has 0 unspecified atom stereocenters.